The number of likely N-dealkylation sites (tertiary alicyclic amines) is 1. The minimum atomic E-state index is 0.897. The molecule has 104 valence electrons. The van der Waals surface area contributed by atoms with Crippen molar-refractivity contribution in [3.05, 3.63) is 29.8 Å². The van der Waals surface area contributed by atoms with Gasteiger partial charge in [0.2, 0.25) is 0 Å². The first-order valence-corrected chi connectivity index (χ1v) is 7.87. The van der Waals surface area contributed by atoms with Crippen molar-refractivity contribution in [2.24, 2.45) is 5.92 Å². The van der Waals surface area contributed by atoms with Gasteiger partial charge in [-0.25, -0.2) is 0 Å². The SMILES string of the molecule is Cc1ccc(NCCN2CCC3CCCCC32)cc1. The summed E-state index contributed by atoms with van der Waals surface area (Å²) in [6.45, 7) is 5.74. The van der Waals surface area contributed by atoms with Gasteiger partial charge in [-0.15, -0.1) is 0 Å². The Kier molecular flexibility index (Phi) is 4.07. The Hall–Kier alpha value is -1.02. The van der Waals surface area contributed by atoms with Crippen LogP contribution in [0.1, 0.15) is 37.7 Å². The van der Waals surface area contributed by atoms with Gasteiger partial charge in [-0.1, -0.05) is 30.5 Å². The van der Waals surface area contributed by atoms with E-state index < -0.39 is 0 Å². The maximum atomic E-state index is 3.55. The third-order valence-electron chi connectivity index (χ3n) is 4.90. The van der Waals surface area contributed by atoms with Crippen molar-refractivity contribution in [2.75, 3.05) is 25.0 Å². The Labute approximate surface area is 117 Å². The van der Waals surface area contributed by atoms with Gasteiger partial charge in [0.25, 0.3) is 0 Å². The lowest BCUT2D eigenvalue weighted by Crippen LogP contribution is -2.37. The smallest absolute Gasteiger partial charge is 0.0340 e. The van der Waals surface area contributed by atoms with E-state index in [1.165, 1.54) is 56.4 Å². The molecular weight excluding hydrogens is 232 g/mol. The van der Waals surface area contributed by atoms with Gasteiger partial charge in [-0.05, 0) is 50.8 Å². The second-order valence-electron chi connectivity index (χ2n) is 6.23. The first-order chi connectivity index (χ1) is 9.33. The van der Waals surface area contributed by atoms with E-state index in [1.54, 1.807) is 0 Å². The summed E-state index contributed by atoms with van der Waals surface area (Å²) < 4.78 is 0. The van der Waals surface area contributed by atoms with Crippen LogP contribution in [-0.2, 0) is 0 Å². The van der Waals surface area contributed by atoms with Crippen LogP contribution in [0.15, 0.2) is 24.3 Å². The number of hydrogen-bond donors (Lipinski definition) is 1. The van der Waals surface area contributed by atoms with E-state index >= 15 is 0 Å². The van der Waals surface area contributed by atoms with Crippen LogP contribution in [0.5, 0.6) is 0 Å². The van der Waals surface area contributed by atoms with Crippen LogP contribution in [0.4, 0.5) is 5.69 Å². The zero-order valence-corrected chi connectivity index (χ0v) is 12.1. The van der Waals surface area contributed by atoms with Crippen LogP contribution in [0.2, 0.25) is 0 Å². The third-order valence-corrected chi connectivity index (χ3v) is 4.90. The Morgan fingerprint density at radius 1 is 1.11 bits per heavy atom. The van der Waals surface area contributed by atoms with Crippen molar-refractivity contribution in [1.82, 2.24) is 4.90 Å². The lowest BCUT2D eigenvalue weighted by Gasteiger charge is -2.31. The lowest BCUT2D eigenvalue weighted by molar-refractivity contribution is 0.188. The highest BCUT2D eigenvalue weighted by molar-refractivity contribution is 5.44. The fraction of sp³-hybridized carbons (Fsp3) is 0.647. The van der Waals surface area contributed by atoms with Gasteiger partial charge in [0, 0.05) is 24.8 Å². The fourth-order valence-electron chi connectivity index (χ4n) is 3.80. The molecule has 0 spiro atoms. The molecule has 1 aliphatic heterocycles. The standard InChI is InChI=1S/C17H26N2/c1-14-6-8-16(9-7-14)18-11-13-19-12-10-15-4-2-3-5-17(15)19/h6-9,15,17-18H,2-5,10-13H2,1H3. The van der Waals surface area contributed by atoms with Gasteiger partial charge in [0.1, 0.15) is 0 Å². The molecule has 2 heteroatoms. The number of rotatable bonds is 4. The van der Waals surface area contributed by atoms with Crippen molar-refractivity contribution >= 4 is 5.69 Å². The van der Waals surface area contributed by atoms with Gasteiger partial charge in [-0.3, -0.25) is 4.90 Å². The summed E-state index contributed by atoms with van der Waals surface area (Å²) in [6, 6.07) is 9.62. The molecule has 1 aromatic rings. The highest BCUT2D eigenvalue weighted by Gasteiger charge is 2.34. The predicted octanol–water partition coefficient (Wildman–Crippen LogP) is 3.67. The number of anilines is 1. The first kappa shape index (κ1) is 13.0. The first-order valence-electron chi connectivity index (χ1n) is 7.87. The number of nitrogens with one attached hydrogen (secondary N) is 1. The second kappa shape index (κ2) is 5.96. The van der Waals surface area contributed by atoms with Gasteiger partial charge in [0.05, 0.1) is 0 Å². The van der Waals surface area contributed by atoms with E-state index in [0.717, 1.165) is 18.5 Å². The van der Waals surface area contributed by atoms with E-state index in [9.17, 15) is 0 Å². The summed E-state index contributed by atoms with van der Waals surface area (Å²) in [7, 11) is 0. The monoisotopic (exact) mass is 258 g/mol. The van der Waals surface area contributed by atoms with Crippen LogP contribution in [0.25, 0.3) is 0 Å². The van der Waals surface area contributed by atoms with Crippen LogP contribution in [-0.4, -0.2) is 30.6 Å². The molecule has 0 radical (unpaired) electrons. The Bertz CT molecular complexity index is 398. The molecule has 0 bridgehead atoms. The van der Waals surface area contributed by atoms with Gasteiger partial charge < -0.3 is 5.32 Å². The molecule has 2 aliphatic rings. The number of aryl methyl sites for hydroxylation is 1. The van der Waals surface area contributed by atoms with E-state index in [-0.39, 0.29) is 0 Å². The van der Waals surface area contributed by atoms with E-state index in [1.807, 2.05) is 0 Å². The quantitative estimate of drug-likeness (QED) is 0.886. The molecule has 0 amide bonds. The van der Waals surface area contributed by atoms with Crippen LogP contribution in [0, 0.1) is 12.8 Å². The molecule has 2 unspecified atom stereocenters. The predicted molar refractivity (Wildman–Crippen MR) is 81.6 cm³/mol. The molecule has 1 heterocycles. The van der Waals surface area contributed by atoms with E-state index in [2.05, 4.69) is 41.4 Å². The number of benzene rings is 1. The van der Waals surface area contributed by atoms with Crippen molar-refractivity contribution in [2.45, 2.75) is 45.1 Å². The Balaban J connectivity index is 1.46. The molecule has 2 atom stereocenters. The maximum Gasteiger partial charge on any atom is 0.0340 e. The molecule has 0 aromatic heterocycles. The number of fused-ring (bicyclic) bond motifs is 1. The molecule has 19 heavy (non-hydrogen) atoms. The van der Waals surface area contributed by atoms with E-state index in [0.29, 0.717) is 0 Å². The lowest BCUT2D eigenvalue weighted by atomic mass is 9.85. The highest BCUT2D eigenvalue weighted by Crippen LogP contribution is 2.35. The highest BCUT2D eigenvalue weighted by atomic mass is 15.2. The van der Waals surface area contributed by atoms with Crippen molar-refractivity contribution in [3.63, 3.8) is 0 Å². The largest absolute Gasteiger partial charge is 0.384 e. The maximum absolute atomic E-state index is 3.55. The minimum absolute atomic E-state index is 0.897. The van der Waals surface area contributed by atoms with Crippen LogP contribution >= 0.6 is 0 Å². The summed E-state index contributed by atoms with van der Waals surface area (Å²) >= 11 is 0. The molecule has 3 rings (SSSR count). The minimum Gasteiger partial charge on any atom is -0.384 e. The molecule has 2 fully saturated rings. The average molecular weight is 258 g/mol. The fourth-order valence-corrected chi connectivity index (χ4v) is 3.80. The molecular formula is C17H26N2. The molecule has 1 saturated heterocycles. The van der Waals surface area contributed by atoms with Crippen molar-refractivity contribution in [3.8, 4) is 0 Å². The van der Waals surface area contributed by atoms with Crippen LogP contribution in [0.3, 0.4) is 0 Å². The summed E-state index contributed by atoms with van der Waals surface area (Å²) in [5.74, 6) is 1.01. The zero-order valence-electron chi connectivity index (χ0n) is 12.1. The Morgan fingerprint density at radius 2 is 1.89 bits per heavy atom. The molecule has 1 saturated carbocycles. The summed E-state index contributed by atoms with van der Waals surface area (Å²) in [5.41, 5.74) is 2.58. The second-order valence-corrected chi connectivity index (χ2v) is 6.23. The van der Waals surface area contributed by atoms with Gasteiger partial charge in [-0.2, -0.15) is 0 Å². The molecule has 1 aliphatic carbocycles. The topological polar surface area (TPSA) is 15.3 Å². The summed E-state index contributed by atoms with van der Waals surface area (Å²) in [6.07, 6.45) is 7.27. The normalized spacial score (nSPS) is 27.2. The van der Waals surface area contributed by atoms with Crippen LogP contribution < -0.4 is 5.32 Å². The zero-order chi connectivity index (χ0) is 13.1. The Morgan fingerprint density at radius 3 is 2.74 bits per heavy atom. The summed E-state index contributed by atoms with van der Waals surface area (Å²) in [5, 5.41) is 3.55. The van der Waals surface area contributed by atoms with Crippen molar-refractivity contribution in [1.29, 1.82) is 0 Å². The van der Waals surface area contributed by atoms with Crippen molar-refractivity contribution < 1.29 is 0 Å². The molecule has 1 N–H and O–H groups in total. The van der Waals surface area contributed by atoms with Gasteiger partial charge >= 0.3 is 0 Å². The number of nitrogens with zero attached hydrogens (tertiary/aromatic N) is 1. The third kappa shape index (κ3) is 3.11. The van der Waals surface area contributed by atoms with Gasteiger partial charge in [0.15, 0.2) is 0 Å². The van der Waals surface area contributed by atoms with E-state index in [4.69, 9.17) is 0 Å². The molecule has 1 aromatic carbocycles. The summed E-state index contributed by atoms with van der Waals surface area (Å²) in [4.78, 5) is 2.73. The average Bonchev–Trinajstić information content (AvgIpc) is 2.85. The molecule has 2 nitrogen and oxygen atoms in total. The number of hydrogen-bond acceptors (Lipinski definition) is 2.